The largest absolute Gasteiger partial charge is 0.451 e. The number of aromatic nitrogens is 4. The Labute approximate surface area is 162 Å². The average Bonchev–Trinajstić information content (AvgIpc) is 3.18. The maximum Gasteiger partial charge on any atom is 0.451 e. The van der Waals surface area contributed by atoms with Gasteiger partial charge in [-0.3, -0.25) is 0 Å². The number of para-hydroxylation sites is 1. The van der Waals surface area contributed by atoms with Crippen LogP contribution in [-0.4, -0.2) is 20.1 Å². The van der Waals surface area contributed by atoms with Gasteiger partial charge in [0, 0.05) is 10.9 Å². The van der Waals surface area contributed by atoms with E-state index < -0.39 is 17.3 Å². The van der Waals surface area contributed by atoms with E-state index in [-0.39, 0.29) is 10.5 Å². The van der Waals surface area contributed by atoms with E-state index in [0.717, 1.165) is 17.3 Å². The fourth-order valence-corrected chi connectivity index (χ4v) is 3.56. The highest BCUT2D eigenvalue weighted by molar-refractivity contribution is 7.99. The molecule has 0 saturated carbocycles. The maximum atomic E-state index is 13.2. The van der Waals surface area contributed by atoms with Gasteiger partial charge in [-0.25, -0.2) is 9.97 Å². The van der Waals surface area contributed by atoms with Crippen LogP contribution in [0.1, 0.15) is 23.9 Å². The zero-order valence-corrected chi connectivity index (χ0v) is 15.3. The van der Waals surface area contributed by atoms with E-state index in [0.29, 0.717) is 17.1 Å². The Balaban J connectivity index is 1.67. The van der Waals surface area contributed by atoms with Crippen molar-refractivity contribution in [1.82, 2.24) is 20.1 Å². The topological polar surface area (TPSA) is 64.7 Å². The molecule has 28 heavy (non-hydrogen) atoms. The van der Waals surface area contributed by atoms with E-state index in [2.05, 4.69) is 20.1 Å². The Hall–Kier alpha value is -2.94. The number of benzene rings is 2. The van der Waals surface area contributed by atoms with Crippen LogP contribution in [0.25, 0.3) is 22.3 Å². The van der Waals surface area contributed by atoms with Crippen LogP contribution < -0.4 is 0 Å². The molecule has 0 spiro atoms. The molecule has 4 rings (SSSR count). The summed E-state index contributed by atoms with van der Waals surface area (Å²) in [6, 6.07) is 15.9. The first-order valence-corrected chi connectivity index (χ1v) is 9.19. The lowest BCUT2D eigenvalue weighted by Gasteiger charge is -2.12. The fourth-order valence-electron chi connectivity index (χ4n) is 2.59. The van der Waals surface area contributed by atoms with Crippen molar-refractivity contribution in [3.05, 3.63) is 66.3 Å². The van der Waals surface area contributed by atoms with E-state index in [1.807, 2.05) is 30.3 Å². The van der Waals surface area contributed by atoms with Gasteiger partial charge in [0.05, 0.1) is 10.8 Å². The van der Waals surface area contributed by atoms with Crippen LogP contribution in [0, 0.1) is 0 Å². The summed E-state index contributed by atoms with van der Waals surface area (Å²) in [6.45, 7) is 1.77. The number of rotatable bonds is 4. The highest BCUT2D eigenvalue weighted by atomic mass is 32.2. The van der Waals surface area contributed by atoms with Gasteiger partial charge < -0.3 is 4.52 Å². The second kappa shape index (κ2) is 7.23. The number of halogens is 3. The second-order valence-corrected chi connectivity index (χ2v) is 7.28. The average molecular weight is 402 g/mol. The van der Waals surface area contributed by atoms with E-state index in [9.17, 15) is 13.2 Å². The maximum absolute atomic E-state index is 13.2. The summed E-state index contributed by atoms with van der Waals surface area (Å²) >= 11 is 1.12. The summed E-state index contributed by atoms with van der Waals surface area (Å²) in [5, 5.41) is 4.31. The lowest BCUT2D eigenvalue weighted by Crippen LogP contribution is -2.12. The Morgan fingerprint density at radius 3 is 2.39 bits per heavy atom. The van der Waals surface area contributed by atoms with Crippen molar-refractivity contribution in [3.8, 4) is 11.4 Å². The lowest BCUT2D eigenvalue weighted by atomic mass is 10.2. The van der Waals surface area contributed by atoms with Crippen molar-refractivity contribution in [2.75, 3.05) is 0 Å². The molecule has 0 fully saturated rings. The predicted octanol–water partition coefficient (Wildman–Crippen LogP) is 5.55. The smallest absolute Gasteiger partial charge is 0.338 e. The molecule has 2 aromatic heterocycles. The van der Waals surface area contributed by atoms with E-state index in [4.69, 9.17) is 4.52 Å². The summed E-state index contributed by atoms with van der Waals surface area (Å²) in [5.41, 5.74) is 1.02. The number of hydrogen-bond acceptors (Lipinski definition) is 6. The number of fused-ring (bicyclic) bond motifs is 1. The predicted molar refractivity (Wildman–Crippen MR) is 98.5 cm³/mol. The zero-order chi connectivity index (χ0) is 19.7. The van der Waals surface area contributed by atoms with E-state index >= 15 is 0 Å². The molecular weight excluding hydrogens is 389 g/mol. The van der Waals surface area contributed by atoms with Gasteiger partial charge in [0.2, 0.25) is 17.5 Å². The normalized spacial score (nSPS) is 13.0. The van der Waals surface area contributed by atoms with Crippen LogP contribution in [0.4, 0.5) is 13.2 Å². The number of alkyl halides is 3. The van der Waals surface area contributed by atoms with Crippen LogP contribution in [0.5, 0.6) is 0 Å². The minimum atomic E-state index is -4.63. The molecule has 0 bridgehead atoms. The highest BCUT2D eigenvalue weighted by Gasteiger charge is 2.36. The first-order valence-electron chi connectivity index (χ1n) is 8.31. The van der Waals surface area contributed by atoms with Crippen molar-refractivity contribution in [2.24, 2.45) is 0 Å². The SMILES string of the molecule is C[C@@H](Sc1nc(C(F)(F)F)nc2ccccc12)c1nc(-c2ccccc2)no1. The van der Waals surface area contributed by atoms with Crippen molar-refractivity contribution in [1.29, 1.82) is 0 Å². The molecule has 1 atom stereocenters. The molecule has 0 radical (unpaired) electrons. The Bertz CT molecular complexity index is 1120. The first kappa shape index (κ1) is 18.4. The molecular formula is C19H13F3N4OS. The van der Waals surface area contributed by atoms with E-state index in [1.54, 1.807) is 25.1 Å². The van der Waals surface area contributed by atoms with Crippen LogP contribution in [0.2, 0.25) is 0 Å². The van der Waals surface area contributed by atoms with Gasteiger partial charge in [-0.1, -0.05) is 65.4 Å². The molecule has 0 amide bonds. The molecule has 0 unspecified atom stereocenters. The quantitative estimate of drug-likeness (QED) is 0.329. The van der Waals surface area contributed by atoms with Gasteiger partial charge in [0.25, 0.3) is 0 Å². The van der Waals surface area contributed by atoms with Crippen LogP contribution >= 0.6 is 11.8 Å². The summed E-state index contributed by atoms with van der Waals surface area (Å²) in [6.07, 6.45) is -4.63. The third-order valence-corrected chi connectivity index (χ3v) is 5.02. The Kier molecular flexibility index (Phi) is 4.76. The van der Waals surface area contributed by atoms with Gasteiger partial charge in [-0.2, -0.15) is 18.2 Å². The summed E-state index contributed by atoms with van der Waals surface area (Å²) in [4.78, 5) is 11.7. The Morgan fingerprint density at radius 2 is 1.64 bits per heavy atom. The molecule has 0 saturated heterocycles. The third kappa shape index (κ3) is 3.70. The summed E-state index contributed by atoms with van der Waals surface area (Å²) < 4.78 is 44.8. The van der Waals surface area contributed by atoms with Crippen molar-refractivity contribution in [3.63, 3.8) is 0 Å². The summed E-state index contributed by atoms with van der Waals surface area (Å²) in [5.74, 6) is -0.442. The molecule has 142 valence electrons. The van der Waals surface area contributed by atoms with Crippen LogP contribution in [0.3, 0.4) is 0 Å². The lowest BCUT2D eigenvalue weighted by molar-refractivity contribution is -0.145. The molecule has 2 aromatic carbocycles. The third-order valence-electron chi connectivity index (χ3n) is 3.93. The molecule has 0 N–H and O–H groups in total. The highest BCUT2D eigenvalue weighted by Crippen LogP contribution is 2.38. The minimum Gasteiger partial charge on any atom is -0.338 e. The molecule has 5 nitrogen and oxygen atoms in total. The molecule has 9 heteroatoms. The van der Waals surface area contributed by atoms with Gasteiger partial charge in [-0.05, 0) is 13.0 Å². The van der Waals surface area contributed by atoms with Crippen molar-refractivity contribution < 1.29 is 17.7 Å². The Morgan fingerprint density at radius 1 is 0.929 bits per heavy atom. The van der Waals surface area contributed by atoms with Gasteiger partial charge >= 0.3 is 6.18 Å². The molecule has 0 aliphatic heterocycles. The van der Waals surface area contributed by atoms with Gasteiger partial charge in [-0.15, -0.1) is 0 Å². The van der Waals surface area contributed by atoms with Crippen LogP contribution in [-0.2, 0) is 6.18 Å². The first-order chi connectivity index (χ1) is 13.4. The number of nitrogens with zero attached hydrogens (tertiary/aromatic N) is 4. The van der Waals surface area contributed by atoms with Crippen LogP contribution in [0.15, 0.2) is 64.1 Å². The molecule has 0 aliphatic rings. The summed E-state index contributed by atoms with van der Waals surface area (Å²) in [7, 11) is 0. The molecule has 4 aromatic rings. The van der Waals surface area contributed by atoms with E-state index in [1.165, 1.54) is 6.07 Å². The molecule has 0 aliphatic carbocycles. The monoisotopic (exact) mass is 402 g/mol. The standard InChI is InChI=1S/C19H13F3N4OS/c1-11(16-24-15(26-27-16)12-7-3-2-4-8-12)28-17-13-9-5-6-10-14(13)23-18(25-17)19(20,21)22/h2-11H,1H3/t11-/m1/s1. The van der Waals surface area contributed by atoms with Crippen molar-refractivity contribution in [2.45, 2.75) is 23.4 Å². The second-order valence-electron chi connectivity index (χ2n) is 5.95. The minimum absolute atomic E-state index is 0.213. The van der Waals surface area contributed by atoms with Gasteiger partial charge in [0.1, 0.15) is 5.03 Å². The fraction of sp³-hybridized carbons (Fsp3) is 0.158. The number of hydrogen-bond donors (Lipinski definition) is 0. The van der Waals surface area contributed by atoms with Crippen molar-refractivity contribution >= 4 is 22.7 Å². The molecule has 2 heterocycles. The number of thioether (sulfide) groups is 1. The van der Waals surface area contributed by atoms with Gasteiger partial charge in [0.15, 0.2) is 0 Å². The zero-order valence-electron chi connectivity index (χ0n) is 14.5.